The molecule has 0 saturated carbocycles. The second-order valence-electron chi connectivity index (χ2n) is 15.6. The van der Waals surface area contributed by atoms with Gasteiger partial charge in [0.25, 0.3) is 0 Å². The molecule has 6 heteroatoms. The van der Waals surface area contributed by atoms with Crippen molar-refractivity contribution < 1.29 is 28.6 Å². The van der Waals surface area contributed by atoms with Gasteiger partial charge < -0.3 is 14.2 Å². The summed E-state index contributed by atoms with van der Waals surface area (Å²) in [6.07, 6.45) is 54.9. The predicted octanol–water partition coefficient (Wildman–Crippen LogP) is 15.3. The molecule has 0 heterocycles. The summed E-state index contributed by atoms with van der Waals surface area (Å²) < 4.78 is 16.7. The molecule has 0 fully saturated rings. The van der Waals surface area contributed by atoms with E-state index >= 15 is 0 Å². The highest BCUT2D eigenvalue weighted by Gasteiger charge is 2.19. The average Bonchev–Trinajstić information content (AvgIpc) is 3.21. The van der Waals surface area contributed by atoms with E-state index < -0.39 is 6.10 Å². The van der Waals surface area contributed by atoms with Gasteiger partial charge in [-0.1, -0.05) is 184 Å². The zero-order valence-electron chi connectivity index (χ0n) is 37.3. The first-order valence-electron chi connectivity index (χ1n) is 23.8. The van der Waals surface area contributed by atoms with Crippen LogP contribution in [0.1, 0.15) is 226 Å². The highest BCUT2D eigenvalue weighted by atomic mass is 16.6. The van der Waals surface area contributed by atoms with Gasteiger partial charge in [-0.2, -0.15) is 0 Å². The van der Waals surface area contributed by atoms with E-state index in [-0.39, 0.29) is 31.1 Å². The zero-order chi connectivity index (χ0) is 41.5. The Hall–Kier alpha value is -2.89. The van der Waals surface area contributed by atoms with Crippen molar-refractivity contribution in [2.75, 3.05) is 13.2 Å². The summed E-state index contributed by atoms with van der Waals surface area (Å²) in [5.74, 6) is -0.945. The number of esters is 3. The van der Waals surface area contributed by atoms with Crippen LogP contribution in [0, 0.1) is 0 Å². The standard InChI is InChI=1S/C51H88O6/c1-4-7-10-13-16-19-21-23-25-27-29-32-35-38-41-44-50(53)56-47-48(46-55-49(52)43-40-37-34-31-18-15-12-9-6-3)57-51(54)45-42-39-36-33-30-28-26-24-22-20-17-14-11-8-5-2/h7,10,16,19,23-26,29,32,48H,4-6,8-9,11-15,17-18,20-22,27-28,30-31,33-47H2,1-3H3/b10-7-,19-16-,25-23-,26-24-,32-29-. The fourth-order valence-electron chi connectivity index (χ4n) is 6.43. The largest absolute Gasteiger partial charge is 0.462 e. The van der Waals surface area contributed by atoms with Crippen molar-refractivity contribution >= 4 is 17.9 Å². The lowest BCUT2D eigenvalue weighted by atomic mass is 10.1. The van der Waals surface area contributed by atoms with E-state index in [0.29, 0.717) is 19.3 Å². The fourth-order valence-corrected chi connectivity index (χ4v) is 6.43. The molecule has 0 aromatic heterocycles. The van der Waals surface area contributed by atoms with Crippen LogP contribution in [0.15, 0.2) is 60.8 Å². The van der Waals surface area contributed by atoms with Crippen LogP contribution in [0.25, 0.3) is 0 Å². The minimum atomic E-state index is -0.791. The van der Waals surface area contributed by atoms with Crippen LogP contribution in [0.4, 0.5) is 0 Å². The monoisotopic (exact) mass is 797 g/mol. The maximum absolute atomic E-state index is 12.7. The lowest BCUT2D eigenvalue weighted by Gasteiger charge is -2.18. The van der Waals surface area contributed by atoms with Crippen molar-refractivity contribution in [3.8, 4) is 0 Å². The molecular formula is C51H88O6. The van der Waals surface area contributed by atoms with Gasteiger partial charge >= 0.3 is 17.9 Å². The van der Waals surface area contributed by atoms with Gasteiger partial charge in [-0.3, -0.25) is 14.4 Å². The Morgan fingerprint density at radius 1 is 0.368 bits per heavy atom. The number of carbonyl (C=O) groups excluding carboxylic acids is 3. The Balaban J connectivity index is 4.43. The lowest BCUT2D eigenvalue weighted by molar-refractivity contribution is -0.167. The smallest absolute Gasteiger partial charge is 0.306 e. The van der Waals surface area contributed by atoms with Crippen molar-refractivity contribution in [2.24, 2.45) is 0 Å². The Labute approximate surface area is 351 Å². The third-order valence-corrected chi connectivity index (χ3v) is 10.0. The van der Waals surface area contributed by atoms with Crippen molar-refractivity contribution in [1.29, 1.82) is 0 Å². The molecule has 0 rings (SSSR count). The molecule has 0 aliphatic heterocycles. The van der Waals surface area contributed by atoms with Crippen molar-refractivity contribution in [2.45, 2.75) is 232 Å². The molecule has 57 heavy (non-hydrogen) atoms. The highest BCUT2D eigenvalue weighted by molar-refractivity contribution is 5.71. The van der Waals surface area contributed by atoms with Crippen LogP contribution in [0.5, 0.6) is 0 Å². The number of allylic oxidation sites excluding steroid dienone is 10. The molecule has 0 N–H and O–H groups in total. The van der Waals surface area contributed by atoms with Crippen LogP contribution in [-0.2, 0) is 28.6 Å². The molecule has 6 nitrogen and oxygen atoms in total. The maximum atomic E-state index is 12.7. The highest BCUT2D eigenvalue weighted by Crippen LogP contribution is 2.13. The minimum Gasteiger partial charge on any atom is -0.462 e. The van der Waals surface area contributed by atoms with Crippen LogP contribution < -0.4 is 0 Å². The molecule has 1 atom stereocenters. The van der Waals surface area contributed by atoms with Crippen LogP contribution >= 0.6 is 0 Å². The molecule has 0 saturated heterocycles. The Morgan fingerprint density at radius 2 is 0.684 bits per heavy atom. The molecule has 0 aliphatic rings. The summed E-state index contributed by atoms with van der Waals surface area (Å²) in [5.41, 5.74) is 0. The number of ether oxygens (including phenoxy) is 3. The molecular weight excluding hydrogens is 709 g/mol. The molecule has 0 radical (unpaired) electrons. The Bertz CT molecular complexity index is 1050. The van der Waals surface area contributed by atoms with Gasteiger partial charge in [0.15, 0.2) is 6.10 Å². The van der Waals surface area contributed by atoms with Crippen LogP contribution in [0.2, 0.25) is 0 Å². The third kappa shape index (κ3) is 44.1. The quantitative estimate of drug-likeness (QED) is 0.0265. The number of rotatable bonds is 42. The molecule has 0 bridgehead atoms. The molecule has 0 aromatic rings. The minimum absolute atomic E-state index is 0.0898. The first-order valence-corrected chi connectivity index (χ1v) is 23.8. The molecule has 0 aliphatic carbocycles. The summed E-state index contributed by atoms with van der Waals surface area (Å²) in [5, 5.41) is 0. The summed E-state index contributed by atoms with van der Waals surface area (Å²) in [6.45, 7) is 6.45. The second-order valence-corrected chi connectivity index (χ2v) is 15.6. The van der Waals surface area contributed by atoms with Gasteiger partial charge in [0.05, 0.1) is 0 Å². The summed E-state index contributed by atoms with van der Waals surface area (Å²) in [4.78, 5) is 37.7. The number of hydrogen-bond acceptors (Lipinski definition) is 6. The van der Waals surface area contributed by atoms with E-state index in [2.05, 4.69) is 81.5 Å². The average molecular weight is 797 g/mol. The van der Waals surface area contributed by atoms with Crippen LogP contribution in [0.3, 0.4) is 0 Å². The van der Waals surface area contributed by atoms with E-state index in [1.165, 1.54) is 89.9 Å². The molecule has 1 unspecified atom stereocenters. The molecule has 328 valence electrons. The molecule has 0 spiro atoms. The van der Waals surface area contributed by atoms with E-state index in [4.69, 9.17) is 14.2 Å². The second kappa shape index (κ2) is 45.8. The van der Waals surface area contributed by atoms with Gasteiger partial charge in [-0.15, -0.1) is 0 Å². The van der Waals surface area contributed by atoms with Crippen molar-refractivity contribution in [3.05, 3.63) is 60.8 Å². The predicted molar refractivity (Wildman–Crippen MR) is 242 cm³/mol. The molecule has 0 amide bonds. The van der Waals surface area contributed by atoms with Gasteiger partial charge in [0.1, 0.15) is 13.2 Å². The fraction of sp³-hybridized carbons (Fsp3) is 0.745. The van der Waals surface area contributed by atoms with Crippen molar-refractivity contribution in [3.63, 3.8) is 0 Å². The first-order chi connectivity index (χ1) is 28.0. The van der Waals surface area contributed by atoms with E-state index in [0.717, 1.165) is 96.3 Å². The number of carbonyl (C=O) groups is 3. The number of unbranched alkanes of at least 4 members (excludes halogenated alkanes) is 21. The van der Waals surface area contributed by atoms with E-state index in [1.807, 2.05) is 0 Å². The SMILES string of the molecule is CC/C=C\C/C=C\C/C=C\C/C=C\CCCCC(=O)OCC(COC(=O)CCCCCCCCCCC)OC(=O)CCCCCCC/C=C\CCCCCCCC. The van der Waals surface area contributed by atoms with E-state index in [9.17, 15) is 14.4 Å². The summed E-state index contributed by atoms with van der Waals surface area (Å²) in [7, 11) is 0. The maximum Gasteiger partial charge on any atom is 0.306 e. The van der Waals surface area contributed by atoms with Gasteiger partial charge in [-0.25, -0.2) is 0 Å². The third-order valence-electron chi connectivity index (χ3n) is 10.0. The topological polar surface area (TPSA) is 78.9 Å². The Kier molecular flexibility index (Phi) is 43.5. The lowest BCUT2D eigenvalue weighted by Crippen LogP contribution is -2.30. The van der Waals surface area contributed by atoms with Gasteiger partial charge in [0.2, 0.25) is 0 Å². The normalized spacial score (nSPS) is 12.5. The zero-order valence-corrected chi connectivity index (χ0v) is 37.3. The summed E-state index contributed by atoms with van der Waals surface area (Å²) in [6, 6.07) is 0. The van der Waals surface area contributed by atoms with E-state index in [1.54, 1.807) is 0 Å². The van der Waals surface area contributed by atoms with Crippen molar-refractivity contribution in [1.82, 2.24) is 0 Å². The van der Waals surface area contributed by atoms with Gasteiger partial charge in [-0.05, 0) is 83.5 Å². The van der Waals surface area contributed by atoms with Gasteiger partial charge in [0, 0.05) is 19.3 Å². The Morgan fingerprint density at radius 3 is 1.12 bits per heavy atom. The number of hydrogen-bond donors (Lipinski definition) is 0. The first kappa shape index (κ1) is 54.1. The molecule has 0 aromatic carbocycles. The summed E-state index contributed by atoms with van der Waals surface area (Å²) >= 11 is 0. The van der Waals surface area contributed by atoms with Crippen LogP contribution in [-0.4, -0.2) is 37.2 Å².